The van der Waals surface area contributed by atoms with E-state index in [0.717, 1.165) is 0 Å². The highest BCUT2D eigenvalue weighted by atomic mass is 32.2. The standard InChI is InChI=1S/C18H18O5S/c1-13(2)18(19)23-12-14-4-8-16(9-5-14)24(20,21)17-10-6-15(22-3)7-11-17/h4-11H,1,12H2,2-3H3. The average Bonchev–Trinajstić information content (AvgIpc) is 2.60. The molecule has 0 aliphatic heterocycles. The number of rotatable bonds is 6. The van der Waals surface area contributed by atoms with Crippen molar-refractivity contribution in [2.45, 2.75) is 23.3 Å². The number of sulfone groups is 1. The van der Waals surface area contributed by atoms with Crippen LogP contribution in [-0.2, 0) is 26.0 Å². The van der Waals surface area contributed by atoms with E-state index in [2.05, 4.69) is 6.58 Å². The minimum absolute atomic E-state index is 0.0640. The third kappa shape index (κ3) is 4.02. The van der Waals surface area contributed by atoms with E-state index in [0.29, 0.717) is 16.9 Å². The number of carbonyl (C=O) groups excluding carboxylic acids is 1. The van der Waals surface area contributed by atoms with E-state index in [9.17, 15) is 13.2 Å². The van der Waals surface area contributed by atoms with Gasteiger partial charge in [0, 0.05) is 5.57 Å². The van der Waals surface area contributed by atoms with Crippen molar-refractivity contribution < 1.29 is 22.7 Å². The molecule has 0 atom stereocenters. The number of hydrogen-bond donors (Lipinski definition) is 0. The monoisotopic (exact) mass is 346 g/mol. The fourth-order valence-corrected chi connectivity index (χ4v) is 3.19. The van der Waals surface area contributed by atoms with Crippen LogP contribution >= 0.6 is 0 Å². The zero-order chi connectivity index (χ0) is 17.7. The van der Waals surface area contributed by atoms with Gasteiger partial charge < -0.3 is 9.47 Å². The van der Waals surface area contributed by atoms with Crippen LogP contribution in [0.4, 0.5) is 0 Å². The molecule has 126 valence electrons. The Kier molecular flexibility index (Phi) is 5.41. The second kappa shape index (κ2) is 7.31. The molecule has 2 aromatic rings. The highest BCUT2D eigenvalue weighted by Gasteiger charge is 2.17. The van der Waals surface area contributed by atoms with Crippen LogP contribution in [0.2, 0.25) is 0 Å². The van der Waals surface area contributed by atoms with E-state index in [-0.39, 0.29) is 16.4 Å². The van der Waals surface area contributed by atoms with Crippen LogP contribution in [-0.4, -0.2) is 21.5 Å². The van der Waals surface area contributed by atoms with Gasteiger partial charge >= 0.3 is 5.97 Å². The minimum atomic E-state index is -3.60. The maximum atomic E-state index is 12.6. The summed E-state index contributed by atoms with van der Waals surface area (Å²) >= 11 is 0. The van der Waals surface area contributed by atoms with Crippen molar-refractivity contribution in [2.24, 2.45) is 0 Å². The lowest BCUT2D eigenvalue weighted by Crippen LogP contribution is -2.05. The Morgan fingerprint density at radius 2 is 1.50 bits per heavy atom. The number of ether oxygens (including phenoxy) is 2. The Morgan fingerprint density at radius 1 is 1.00 bits per heavy atom. The van der Waals surface area contributed by atoms with Crippen molar-refractivity contribution in [3.63, 3.8) is 0 Å². The highest BCUT2D eigenvalue weighted by molar-refractivity contribution is 7.91. The molecule has 0 saturated carbocycles. The molecular formula is C18H18O5S. The van der Waals surface area contributed by atoms with Gasteiger partial charge in [0.1, 0.15) is 12.4 Å². The first kappa shape index (κ1) is 17.7. The van der Waals surface area contributed by atoms with Gasteiger partial charge in [-0.15, -0.1) is 0 Å². The zero-order valence-corrected chi connectivity index (χ0v) is 14.3. The van der Waals surface area contributed by atoms with E-state index < -0.39 is 15.8 Å². The van der Waals surface area contributed by atoms with Crippen LogP contribution < -0.4 is 4.74 Å². The van der Waals surface area contributed by atoms with Crippen LogP contribution in [0.25, 0.3) is 0 Å². The maximum absolute atomic E-state index is 12.6. The molecule has 0 aliphatic carbocycles. The van der Waals surface area contributed by atoms with E-state index in [1.54, 1.807) is 31.2 Å². The SMILES string of the molecule is C=C(C)C(=O)OCc1ccc(S(=O)(=O)c2ccc(OC)cc2)cc1. The summed E-state index contributed by atoms with van der Waals surface area (Å²) in [6, 6.07) is 12.4. The Morgan fingerprint density at radius 3 is 1.96 bits per heavy atom. The minimum Gasteiger partial charge on any atom is -0.497 e. The van der Waals surface area contributed by atoms with Crippen LogP contribution in [0.5, 0.6) is 5.75 Å². The lowest BCUT2D eigenvalue weighted by atomic mass is 10.2. The van der Waals surface area contributed by atoms with Gasteiger partial charge in [-0.3, -0.25) is 0 Å². The topological polar surface area (TPSA) is 69.7 Å². The first-order chi connectivity index (χ1) is 11.3. The largest absolute Gasteiger partial charge is 0.497 e. The Labute approximate surface area is 141 Å². The second-order valence-electron chi connectivity index (χ2n) is 5.18. The van der Waals surface area contributed by atoms with E-state index in [1.165, 1.54) is 31.4 Å². The second-order valence-corrected chi connectivity index (χ2v) is 7.13. The number of hydrogen-bond acceptors (Lipinski definition) is 5. The molecule has 2 rings (SSSR count). The van der Waals surface area contributed by atoms with Crippen molar-refractivity contribution in [1.29, 1.82) is 0 Å². The molecule has 0 heterocycles. The quantitative estimate of drug-likeness (QED) is 0.594. The summed E-state index contributed by atoms with van der Waals surface area (Å²) in [6.07, 6.45) is 0. The van der Waals surface area contributed by atoms with E-state index >= 15 is 0 Å². The molecule has 0 radical (unpaired) electrons. The molecule has 0 bridgehead atoms. The molecule has 0 spiro atoms. The van der Waals surface area contributed by atoms with Crippen LogP contribution in [0, 0.1) is 0 Å². The third-order valence-electron chi connectivity index (χ3n) is 3.32. The summed E-state index contributed by atoms with van der Waals surface area (Å²) in [7, 11) is -2.09. The lowest BCUT2D eigenvalue weighted by molar-refractivity contribution is -0.140. The summed E-state index contributed by atoms with van der Waals surface area (Å²) in [5.41, 5.74) is 1.01. The molecule has 0 N–H and O–H groups in total. The smallest absolute Gasteiger partial charge is 0.333 e. The molecule has 0 amide bonds. The molecule has 0 unspecified atom stereocenters. The fraction of sp³-hybridized carbons (Fsp3) is 0.167. The number of carbonyl (C=O) groups is 1. The Bertz CT molecular complexity index is 834. The van der Waals surface area contributed by atoms with Gasteiger partial charge in [-0.2, -0.15) is 0 Å². The predicted octanol–water partition coefficient (Wildman–Crippen LogP) is 3.15. The van der Waals surface area contributed by atoms with Crippen LogP contribution in [0.1, 0.15) is 12.5 Å². The van der Waals surface area contributed by atoms with Gasteiger partial charge in [-0.25, -0.2) is 13.2 Å². The molecule has 0 fully saturated rings. The van der Waals surface area contributed by atoms with Crippen molar-refractivity contribution in [3.05, 3.63) is 66.2 Å². The zero-order valence-electron chi connectivity index (χ0n) is 13.5. The van der Waals surface area contributed by atoms with E-state index in [4.69, 9.17) is 9.47 Å². The van der Waals surface area contributed by atoms with Crippen LogP contribution in [0.15, 0.2) is 70.5 Å². The summed E-state index contributed by atoms with van der Waals surface area (Å²) in [5.74, 6) is 0.105. The van der Waals surface area contributed by atoms with Gasteiger partial charge in [0.25, 0.3) is 0 Å². The highest BCUT2D eigenvalue weighted by Crippen LogP contribution is 2.23. The normalized spacial score (nSPS) is 10.9. The summed E-state index contributed by atoms with van der Waals surface area (Å²) < 4.78 is 35.2. The molecule has 0 saturated heterocycles. The van der Waals surface area contributed by atoms with Gasteiger partial charge in [0.05, 0.1) is 16.9 Å². The maximum Gasteiger partial charge on any atom is 0.333 e. The molecular weight excluding hydrogens is 328 g/mol. The lowest BCUT2D eigenvalue weighted by Gasteiger charge is -2.08. The first-order valence-electron chi connectivity index (χ1n) is 7.15. The Balaban J connectivity index is 2.16. The summed E-state index contributed by atoms with van der Waals surface area (Å²) in [5, 5.41) is 0. The van der Waals surface area contributed by atoms with Crippen molar-refractivity contribution in [3.8, 4) is 5.75 Å². The van der Waals surface area contributed by atoms with Crippen LogP contribution in [0.3, 0.4) is 0 Å². The fourth-order valence-electron chi connectivity index (χ4n) is 1.93. The molecule has 6 heteroatoms. The van der Waals surface area contributed by atoms with Gasteiger partial charge in [0.15, 0.2) is 0 Å². The van der Waals surface area contributed by atoms with Crippen molar-refractivity contribution >= 4 is 15.8 Å². The molecule has 5 nitrogen and oxygen atoms in total. The van der Waals surface area contributed by atoms with Crippen molar-refractivity contribution in [1.82, 2.24) is 0 Å². The average molecular weight is 346 g/mol. The van der Waals surface area contributed by atoms with Gasteiger partial charge in [-0.1, -0.05) is 18.7 Å². The number of esters is 1. The van der Waals surface area contributed by atoms with E-state index in [1.807, 2.05) is 0 Å². The summed E-state index contributed by atoms with van der Waals surface area (Å²) in [6.45, 7) is 5.12. The number of benzene rings is 2. The first-order valence-corrected chi connectivity index (χ1v) is 8.63. The molecule has 2 aromatic carbocycles. The Hall–Kier alpha value is -2.60. The third-order valence-corrected chi connectivity index (χ3v) is 5.11. The molecule has 24 heavy (non-hydrogen) atoms. The van der Waals surface area contributed by atoms with Gasteiger partial charge in [0.2, 0.25) is 9.84 Å². The van der Waals surface area contributed by atoms with Gasteiger partial charge in [-0.05, 0) is 48.9 Å². The molecule has 0 aromatic heterocycles. The number of methoxy groups -OCH3 is 1. The summed E-state index contributed by atoms with van der Waals surface area (Å²) in [4.78, 5) is 11.7. The molecule has 0 aliphatic rings. The van der Waals surface area contributed by atoms with Crippen molar-refractivity contribution in [2.75, 3.05) is 7.11 Å². The predicted molar refractivity (Wildman–Crippen MR) is 89.5 cm³/mol.